The molecule has 3 aromatic rings. The fourth-order valence-corrected chi connectivity index (χ4v) is 6.43. The lowest BCUT2D eigenvalue weighted by Gasteiger charge is -2.42. The van der Waals surface area contributed by atoms with Crippen molar-refractivity contribution in [1.82, 2.24) is 0 Å². The molecule has 6 rings (SSSR count). The summed E-state index contributed by atoms with van der Waals surface area (Å²) in [5.41, 5.74) is 2.37. The normalized spacial score (nSPS) is 27.4. The Balaban J connectivity index is 0.000000698. The highest BCUT2D eigenvalue weighted by molar-refractivity contribution is 7.07. The zero-order chi connectivity index (χ0) is 31.9. The molecule has 1 fully saturated rings. The maximum Gasteiger partial charge on any atom is 0.202 e. The number of ketones is 3. The van der Waals surface area contributed by atoms with Gasteiger partial charge in [-0.15, -0.1) is 0 Å². The van der Waals surface area contributed by atoms with Gasteiger partial charge in [-0.05, 0) is 23.8 Å². The van der Waals surface area contributed by atoms with Crippen molar-refractivity contribution in [1.29, 1.82) is 0 Å². The second kappa shape index (κ2) is 12.4. The number of methoxy groups -OCH3 is 1. The molecule has 0 saturated carbocycles. The van der Waals surface area contributed by atoms with Crippen molar-refractivity contribution in [3.63, 3.8) is 0 Å². The number of aliphatic hydroxyl groups excluding tert-OH is 2. The molecule has 234 valence electrons. The minimum absolute atomic E-state index is 0.0173. The number of hydrogen-bond donors (Lipinski definition) is 6. The molecule has 0 radical (unpaired) electrons. The summed E-state index contributed by atoms with van der Waals surface area (Å²) in [7, 11) is 1.32. The maximum atomic E-state index is 13.6. The zero-order valence-corrected chi connectivity index (χ0v) is 24.7. The van der Waals surface area contributed by atoms with Gasteiger partial charge in [-0.3, -0.25) is 14.4 Å². The fraction of sp³-hybridized carbons (Fsp3) is 0.387. The van der Waals surface area contributed by atoms with Crippen LogP contribution in [0.2, 0.25) is 0 Å². The first-order valence-electron chi connectivity index (χ1n) is 13.9. The van der Waals surface area contributed by atoms with Gasteiger partial charge in [0.05, 0.1) is 42.1 Å². The van der Waals surface area contributed by atoms with Gasteiger partial charge in [-0.25, -0.2) is 0 Å². The first kappa shape index (κ1) is 31.7. The van der Waals surface area contributed by atoms with Crippen LogP contribution in [-0.4, -0.2) is 86.7 Å². The molecule has 4 unspecified atom stereocenters. The van der Waals surface area contributed by atoms with Crippen LogP contribution in [0.4, 0.5) is 0 Å². The highest BCUT2D eigenvalue weighted by Crippen LogP contribution is 2.52. The van der Waals surface area contributed by atoms with Crippen LogP contribution in [0.25, 0.3) is 0 Å². The second-order valence-electron chi connectivity index (χ2n) is 11.0. The molecule has 1 aliphatic heterocycles. The zero-order valence-electron chi connectivity index (χ0n) is 23.9. The highest BCUT2D eigenvalue weighted by Gasteiger charge is 2.50. The van der Waals surface area contributed by atoms with Crippen LogP contribution in [-0.2, 0) is 20.7 Å². The third-order valence-corrected chi connectivity index (χ3v) is 8.86. The third kappa shape index (κ3) is 5.41. The molecule has 13 heteroatoms. The Hall–Kier alpha value is -3.69. The predicted molar refractivity (Wildman–Crippen MR) is 156 cm³/mol. The summed E-state index contributed by atoms with van der Waals surface area (Å²) in [6.07, 6.45) is -5.12. The van der Waals surface area contributed by atoms with Crippen LogP contribution in [0, 0.1) is 0 Å². The number of aliphatic hydroxyl groups is 3. The first-order valence-corrected chi connectivity index (χ1v) is 14.8. The Morgan fingerprint density at radius 2 is 1.77 bits per heavy atom. The summed E-state index contributed by atoms with van der Waals surface area (Å²) in [5.74, 6) is -3.77. The number of phenolic OH excluding ortho intramolecular Hbond substituents is 2. The van der Waals surface area contributed by atoms with E-state index in [1.807, 2.05) is 22.9 Å². The average molecular weight is 628 g/mol. The molecule has 3 aliphatic rings. The van der Waals surface area contributed by atoms with Gasteiger partial charge in [-0.2, -0.15) is 11.3 Å². The standard InChI is InChI=1S/C27H29NO11.C4H4S/c1-10-22(31)13(28)6-17(38-10)39-15-8-27(36,16(30)9-29)7-12-19(15)26(35)21-20(24(12)33)23(32)11-4-3-5-14(37-2)18(11)25(21)34;1-2-4-5-3-1/h3-5,10,13,15,17,22,29,31,33,35-36H,6-9,28H2,1-2H3;1-4H/t10?,13?,15-,17?,22?,27-;/m0./s1. The monoisotopic (exact) mass is 627 g/mol. The summed E-state index contributed by atoms with van der Waals surface area (Å²) >= 11 is 1.71. The van der Waals surface area contributed by atoms with Crippen LogP contribution >= 0.6 is 11.3 Å². The number of nitrogens with two attached hydrogens (primary N) is 1. The molecule has 0 spiro atoms. The number of fused-ring (bicyclic) bond motifs is 3. The number of carbonyl (C=O) groups excluding carboxylic acids is 3. The number of aromatic hydroxyl groups is 2. The van der Waals surface area contributed by atoms with Crippen LogP contribution < -0.4 is 10.5 Å². The minimum Gasteiger partial charge on any atom is -0.507 e. The molecule has 7 N–H and O–H groups in total. The van der Waals surface area contributed by atoms with E-state index in [2.05, 4.69) is 0 Å². The lowest BCUT2D eigenvalue weighted by atomic mass is 9.72. The quantitative estimate of drug-likeness (QED) is 0.175. The van der Waals surface area contributed by atoms with Gasteiger partial charge in [0.25, 0.3) is 0 Å². The van der Waals surface area contributed by atoms with Crippen molar-refractivity contribution in [3.05, 3.63) is 74.5 Å². The van der Waals surface area contributed by atoms with E-state index in [1.165, 1.54) is 25.3 Å². The molecular weight excluding hydrogens is 594 g/mol. The minimum atomic E-state index is -2.24. The lowest BCUT2D eigenvalue weighted by Crippen LogP contribution is -2.53. The number of Topliss-reactive ketones (excluding diaryl/α,β-unsaturated/α-hetero) is 1. The van der Waals surface area contributed by atoms with E-state index in [0.29, 0.717) is 0 Å². The van der Waals surface area contributed by atoms with Gasteiger partial charge in [0.1, 0.15) is 29.5 Å². The van der Waals surface area contributed by atoms with Crippen LogP contribution in [0.15, 0.2) is 41.1 Å². The van der Waals surface area contributed by atoms with Crippen molar-refractivity contribution in [3.8, 4) is 17.2 Å². The van der Waals surface area contributed by atoms with Crippen LogP contribution in [0.1, 0.15) is 68.8 Å². The van der Waals surface area contributed by atoms with Crippen molar-refractivity contribution >= 4 is 28.7 Å². The summed E-state index contributed by atoms with van der Waals surface area (Å²) in [6.45, 7) is 0.560. The van der Waals surface area contributed by atoms with E-state index >= 15 is 0 Å². The average Bonchev–Trinajstić information content (AvgIpc) is 3.60. The molecule has 0 bridgehead atoms. The fourth-order valence-electron chi connectivity index (χ4n) is 5.98. The Morgan fingerprint density at radius 1 is 1.09 bits per heavy atom. The van der Waals surface area contributed by atoms with Gasteiger partial charge >= 0.3 is 0 Å². The number of rotatable bonds is 5. The number of carbonyl (C=O) groups is 3. The van der Waals surface area contributed by atoms with E-state index < -0.39 is 95.7 Å². The maximum absolute atomic E-state index is 13.6. The SMILES string of the molecule is COc1cccc2c1C(=O)c1c(O)c3c(c(O)c1C2=O)C[C@@](O)(C(=O)CO)C[C@@H]3OC1CC(N)C(O)C(C)O1.c1ccsc1. The first-order chi connectivity index (χ1) is 20.9. The number of hydrogen-bond acceptors (Lipinski definition) is 13. The van der Waals surface area contributed by atoms with Crippen LogP contribution in [0.5, 0.6) is 17.2 Å². The van der Waals surface area contributed by atoms with Gasteiger partial charge in [0, 0.05) is 42.0 Å². The molecule has 1 saturated heterocycles. The summed E-state index contributed by atoms with van der Waals surface area (Å²) in [5, 5.41) is 57.8. The van der Waals surface area contributed by atoms with Gasteiger partial charge in [0.2, 0.25) is 5.78 Å². The predicted octanol–water partition coefficient (Wildman–Crippen LogP) is 1.75. The largest absolute Gasteiger partial charge is 0.507 e. The summed E-state index contributed by atoms with van der Waals surface area (Å²) in [4.78, 5) is 39.7. The Bertz CT molecular complexity index is 1560. The van der Waals surface area contributed by atoms with Gasteiger partial charge < -0.3 is 45.5 Å². The van der Waals surface area contributed by atoms with Crippen molar-refractivity contribution in [2.75, 3.05) is 13.7 Å². The Morgan fingerprint density at radius 3 is 2.36 bits per heavy atom. The smallest absolute Gasteiger partial charge is 0.202 e. The molecule has 2 aromatic carbocycles. The van der Waals surface area contributed by atoms with E-state index in [1.54, 1.807) is 18.3 Å². The molecule has 2 aliphatic carbocycles. The summed E-state index contributed by atoms with van der Waals surface area (Å²) < 4.78 is 17.0. The number of ether oxygens (including phenoxy) is 3. The van der Waals surface area contributed by atoms with Gasteiger partial charge in [-0.1, -0.05) is 24.3 Å². The Kier molecular flexibility index (Phi) is 8.92. The van der Waals surface area contributed by atoms with E-state index in [4.69, 9.17) is 19.9 Å². The second-order valence-corrected chi connectivity index (χ2v) is 11.8. The summed E-state index contributed by atoms with van der Waals surface area (Å²) in [6, 6.07) is 7.67. The number of thiophene rings is 1. The Labute approximate surface area is 256 Å². The third-order valence-electron chi connectivity index (χ3n) is 8.23. The van der Waals surface area contributed by atoms with Crippen LogP contribution in [0.3, 0.4) is 0 Å². The molecule has 6 atom stereocenters. The van der Waals surface area contributed by atoms with E-state index in [-0.39, 0.29) is 34.4 Å². The molecule has 2 heterocycles. The molecule has 44 heavy (non-hydrogen) atoms. The lowest BCUT2D eigenvalue weighted by molar-refractivity contribution is -0.247. The van der Waals surface area contributed by atoms with E-state index in [0.717, 1.165) is 0 Å². The van der Waals surface area contributed by atoms with Crippen molar-refractivity contribution in [2.24, 2.45) is 5.73 Å². The molecule has 1 aromatic heterocycles. The van der Waals surface area contributed by atoms with E-state index in [9.17, 15) is 39.9 Å². The molecule has 12 nitrogen and oxygen atoms in total. The van der Waals surface area contributed by atoms with Gasteiger partial charge in [0.15, 0.2) is 17.9 Å². The number of benzene rings is 2. The van der Waals surface area contributed by atoms with Crippen molar-refractivity contribution < 1.29 is 54.1 Å². The molecular formula is C31H33NO11S. The number of phenols is 2. The highest BCUT2D eigenvalue weighted by atomic mass is 32.1. The molecule has 0 amide bonds. The van der Waals surface area contributed by atoms with Crippen molar-refractivity contribution in [2.45, 2.75) is 62.4 Å². The topological polar surface area (TPSA) is 206 Å².